The Morgan fingerprint density at radius 3 is 2.50 bits per heavy atom. The van der Waals surface area contributed by atoms with Crippen molar-refractivity contribution in [3.8, 4) is 0 Å². The van der Waals surface area contributed by atoms with E-state index in [0.717, 1.165) is 11.3 Å². The van der Waals surface area contributed by atoms with E-state index in [1.54, 1.807) is 0 Å². The van der Waals surface area contributed by atoms with Crippen molar-refractivity contribution in [3.05, 3.63) is 65.7 Å². The molecule has 3 N–H and O–H groups in total. The zero-order valence-electron chi connectivity index (χ0n) is 10.0. The summed E-state index contributed by atoms with van der Waals surface area (Å²) in [6.07, 6.45) is -0.114. The Labute approximate surface area is 107 Å². The molecule has 2 atom stereocenters. The molecule has 0 aliphatic carbocycles. The van der Waals surface area contributed by atoms with Crippen molar-refractivity contribution in [3.63, 3.8) is 0 Å². The SMILES string of the molecule is Nc1ccccc1C1NC(c2ccccc2)CO1. The third-order valence-electron chi connectivity index (χ3n) is 3.26. The lowest BCUT2D eigenvalue weighted by molar-refractivity contribution is 0.101. The molecule has 1 aliphatic heterocycles. The van der Waals surface area contributed by atoms with Gasteiger partial charge in [-0.1, -0.05) is 48.5 Å². The molecule has 0 saturated carbocycles. The fourth-order valence-electron chi connectivity index (χ4n) is 2.28. The van der Waals surface area contributed by atoms with Crippen LogP contribution in [-0.2, 0) is 4.74 Å². The summed E-state index contributed by atoms with van der Waals surface area (Å²) in [5.41, 5.74) is 8.99. The van der Waals surface area contributed by atoms with Crippen LogP contribution in [0.2, 0.25) is 0 Å². The van der Waals surface area contributed by atoms with Crippen LogP contribution in [0.25, 0.3) is 0 Å². The lowest BCUT2D eigenvalue weighted by Crippen LogP contribution is -2.19. The van der Waals surface area contributed by atoms with Crippen LogP contribution in [0.4, 0.5) is 5.69 Å². The molecule has 1 heterocycles. The van der Waals surface area contributed by atoms with E-state index in [9.17, 15) is 0 Å². The molecule has 92 valence electrons. The predicted molar refractivity (Wildman–Crippen MR) is 71.9 cm³/mol. The van der Waals surface area contributed by atoms with Crippen molar-refractivity contribution in [1.29, 1.82) is 0 Å². The van der Waals surface area contributed by atoms with Crippen molar-refractivity contribution in [1.82, 2.24) is 5.32 Å². The summed E-state index contributed by atoms with van der Waals surface area (Å²) in [6.45, 7) is 0.670. The molecule has 3 rings (SSSR count). The lowest BCUT2D eigenvalue weighted by Gasteiger charge is -2.14. The number of para-hydroxylation sites is 1. The van der Waals surface area contributed by atoms with E-state index in [-0.39, 0.29) is 12.3 Å². The first kappa shape index (κ1) is 11.3. The van der Waals surface area contributed by atoms with Gasteiger partial charge in [-0.05, 0) is 11.6 Å². The van der Waals surface area contributed by atoms with Crippen LogP contribution in [0.5, 0.6) is 0 Å². The number of rotatable bonds is 2. The molecule has 1 saturated heterocycles. The van der Waals surface area contributed by atoms with Crippen molar-refractivity contribution in [2.45, 2.75) is 12.3 Å². The van der Waals surface area contributed by atoms with E-state index in [2.05, 4.69) is 17.4 Å². The lowest BCUT2D eigenvalue weighted by atomic mass is 10.1. The van der Waals surface area contributed by atoms with Gasteiger partial charge in [-0.2, -0.15) is 0 Å². The van der Waals surface area contributed by atoms with Crippen LogP contribution in [0.15, 0.2) is 54.6 Å². The Kier molecular flexibility index (Phi) is 3.00. The third kappa shape index (κ3) is 2.10. The number of nitrogen functional groups attached to an aromatic ring is 1. The standard InChI is InChI=1S/C15H16N2O/c16-13-9-5-4-8-12(13)15-17-14(10-18-15)11-6-2-1-3-7-11/h1-9,14-15,17H,10,16H2. The number of nitrogens with two attached hydrogens (primary N) is 1. The van der Waals surface area contributed by atoms with Crippen molar-refractivity contribution in [2.75, 3.05) is 12.3 Å². The third-order valence-corrected chi connectivity index (χ3v) is 3.26. The summed E-state index contributed by atoms with van der Waals surface area (Å²) < 4.78 is 5.80. The number of nitrogens with one attached hydrogen (secondary N) is 1. The Balaban J connectivity index is 1.78. The van der Waals surface area contributed by atoms with Gasteiger partial charge >= 0.3 is 0 Å². The maximum absolute atomic E-state index is 5.96. The Hall–Kier alpha value is -1.84. The van der Waals surface area contributed by atoms with Gasteiger partial charge in [-0.25, -0.2) is 0 Å². The van der Waals surface area contributed by atoms with Gasteiger partial charge in [0.05, 0.1) is 12.6 Å². The minimum atomic E-state index is -0.114. The van der Waals surface area contributed by atoms with Crippen LogP contribution < -0.4 is 11.1 Å². The van der Waals surface area contributed by atoms with Crippen LogP contribution >= 0.6 is 0 Å². The first-order valence-electron chi connectivity index (χ1n) is 6.11. The van der Waals surface area contributed by atoms with Crippen LogP contribution in [0, 0.1) is 0 Å². The van der Waals surface area contributed by atoms with Crippen molar-refractivity contribution < 1.29 is 4.74 Å². The second-order valence-corrected chi connectivity index (χ2v) is 4.47. The zero-order valence-corrected chi connectivity index (χ0v) is 10.0. The van der Waals surface area contributed by atoms with E-state index in [4.69, 9.17) is 10.5 Å². The molecule has 3 heteroatoms. The topological polar surface area (TPSA) is 47.3 Å². The van der Waals surface area contributed by atoms with Gasteiger partial charge in [0.15, 0.2) is 0 Å². The highest BCUT2D eigenvalue weighted by Crippen LogP contribution is 2.30. The summed E-state index contributed by atoms with van der Waals surface area (Å²) in [5, 5.41) is 3.46. The molecular formula is C15H16N2O. The molecule has 1 aliphatic rings. The minimum Gasteiger partial charge on any atom is -0.398 e. The highest BCUT2D eigenvalue weighted by molar-refractivity contribution is 5.47. The normalized spacial score (nSPS) is 23.1. The molecule has 0 bridgehead atoms. The van der Waals surface area contributed by atoms with E-state index >= 15 is 0 Å². The second-order valence-electron chi connectivity index (χ2n) is 4.47. The molecule has 0 amide bonds. The van der Waals surface area contributed by atoms with Crippen molar-refractivity contribution in [2.24, 2.45) is 0 Å². The molecular weight excluding hydrogens is 224 g/mol. The summed E-state index contributed by atoms with van der Waals surface area (Å²) in [6, 6.07) is 18.4. The molecule has 3 nitrogen and oxygen atoms in total. The van der Waals surface area contributed by atoms with Crippen LogP contribution in [-0.4, -0.2) is 6.61 Å². The molecule has 0 spiro atoms. The van der Waals surface area contributed by atoms with Gasteiger partial charge in [0.1, 0.15) is 6.23 Å². The maximum Gasteiger partial charge on any atom is 0.136 e. The van der Waals surface area contributed by atoms with Gasteiger partial charge in [0.25, 0.3) is 0 Å². The van der Waals surface area contributed by atoms with E-state index in [1.165, 1.54) is 5.56 Å². The largest absolute Gasteiger partial charge is 0.398 e. The minimum absolute atomic E-state index is 0.114. The molecule has 0 radical (unpaired) electrons. The molecule has 2 aromatic carbocycles. The summed E-state index contributed by atoms with van der Waals surface area (Å²) in [5.74, 6) is 0. The highest BCUT2D eigenvalue weighted by atomic mass is 16.5. The molecule has 2 unspecified atom stereocenters. The van der Waals surface area contributed by atoms with Crippen LogP contribution in [0.3, 0.4) is 0 Å². The number of hydrogen-bond donors (Lipinski definition) is 2. The quantitative estimate of drug-likeness (QED) is 0.793. The average molecular weight is 240 g/mol. The monoisotopic (exact) mass is 240 g/mol. The Bertz CT molecular complexity index is 527. The first-order valence-corrected chi connectivity index (χ1v) is 6.11. The number of benzene rings is 2. The zero-order chi connectivity index (χ0) is 12.4. The molecule has 2 aromatic rings. The van der Waals surface area contributed by atoms with Gasteiger partial charge in [0.2, 0.25) is 0 Å². The molecule has 1 fully saturated rings. The first-order chi connectivity index (χ1) is 8.84. The summed E-state index contributed by atoms with van der Waals surface area (Å²) in [7, 11) is 0. The van der Waals surface area contributed by atoms with E-state index in [1.807, 2.05) is 42.5 Å². The Morgan fingerprint density at radius 2 is 1.72 bits per heavy atom. The second kappa shape index (κ2) is 4.80. The maximum atomic E-state index is 5.96. The summed E-state index contributed by atoms with van der Waals surface area (Å²) >= 11 is 0. The fraction of sp³-hybridized carbons (Fsp3) is 0.200. The van der Waals surface area contributed by atoms with Gasteiger partial charge in [-0.3, -0.25) is 5.32 Å². The number of hydrogen-bond acceptors (Lipinski definition) is 3. The molecule has 0 aromatic heterocycles. The fourth-order valence-corrected chi connectivity index (χ4v) is 2.28. The summed E-state index contributed by atoms with van der Waals surface area (Å²) in [4.78, 5) is 0. The van der Waals surface area contributed by atoms with E-state index in [0.29, 0.717) is 6.61 Å². The van der Waals surface area contributed by atoms with Gasteiger partial charge in [-0.15, -0.1) is 0 Å². The van der Waals surface area contributed by atoms with Crippen LogP contribution in [0.1, 0.15) is 23.4 Å². The van der Waals surface area contributed by atoms with Gasteiger partial charge in [0, 0.05) is 11.3 Å². The number of anilines is 1. The van der Waals surface area contributed by atoms with Crippen molar-refractivity contribution >= 4 is 5.69 Å². The van der Waals surface area contributed by atoms with Gasteiger partial charge < -0.3 is 10.5 Å². The molecule has 18 heavy (non-hydrogen) atoms. The average Bonchev–Trinajstić information content (AvgIpc) is 2.90. The highest BCUT2D eigenvalue weighted by Gasteiger charge is 2.27. The van der Waals surface area contributed by atoms with E-state index < -0.39 is 0 Å². The predicted octanol–water partition coefficient (Wildman–Crippen LogP) is 2.63. The Morgan fingerprint density at radius 1 is 1.00 bits per heavy atom. The number of ether oxygens (including phenoxy) is 1. The smallest absolute Gasteiger partial charge is 0.136 e.